The van der Waals surface area contributed by atoms with Crippen LogP contribution in [0, 0.1) is 0 Å². The maximum atomic E-state index is 13.8. The van der Waals surface area contributed by atoms with Crippen molar-refractivity contribution in [2.75, 3.05) is 33.9 Å². The van der Waals surface area contributed by atoms with Crippen LogP contribution >= 0.6 is 0 Å². The molecule has 4 N–H and O–H groups in total. The predicted molar refractivity (Wildman–Crippen MR) is 161 cm³/mol. The Morgan fingerprint density at radius 3 is 2.63 bits per heavy atom. The lowest BCUT2D eigenvalue weighted by atomic mass is 9.77. The number of carbonyl (C=O) groups excluding carboxylic acids is 2. The van der Waals surface area contributed by atoms with E-state index in [-0.39, 0.29) is 32.1 Å². The Kier molecular flexibility index (Phi) is 11.2. The number of aliphatic hydroxyl groups excluding tert-OH is 3. The number of hydrogen-bond donors (Lipinski definition) is 4. The van der Waals surface area contributed by atoms with Crippen molar-refractivity contribution in [3.8, 4) is 17.2 Å². The van der Waals surface area contributed by atoms with Gasteiger partial charge in [0.1, 0.15) is 18.0 Å². The molecule has 4 rings (SSSR count). The SMILES string of the molecule is C=CCCCCC(=O)N(CCc1cccc(OC)c1)[C@@H]1C=C(C(=O)NCCO)[C@@H]2c3cc(CO)cc(OC)c3O[C@@H]2[C@H]1O. The zero-order valence-electron chi connectivity index (χ0n) is 24.8. The number of ether oxygens (including phenoxy) is 3. The summed E-state index contributed by atoms with van der Waals surface area (Å²) >= 11 is 0. The molecule has 232 valence electrons. The van der Waals surface area contributed by atoms with Crippen molar-refractivity contribution in [1.29, 1.82) is 0 Å². The smallest absolute Gasteiger partial charge is 0.247 e. The minimum atomic E-state index is -1.17. The van der Waals surface area contributed by atoms with Crippen LogP contribution in [-0.4, -0.2) is 84.2 Å². The first-order chi connectivity index (χ1) is 20.9. The molecule has 2 aromatic rings. The number of aliphatic hydroxyl groups is 3. The van der Waals surface area contributed by atoms with Crippen molar-refractivity contribution in [3.63, 3.8) is 0 Å². The van der Waals surface area contributed by atoms with E-state index in [9.17, 15) is 24.9 Å². The molecule has 0 saturated heterocycles. The molecule has 4 atom stereocenters. The molecule has 0 aromatic heterocycles. The van der Waals surface area contributed by atoms with Crippen molar-refractivity contribution >= 4 is 11.8 Å². The zero-order valence-corrected chi connectivity index (χ0v) is 24.8. The van der Waals surface area contributed by atoms with Crippen LogP contribution in [-0.2, 0) is 22.6 Å². The van der Waals surface area contributed by atoms with Gasteiger partial charge >= 0.3 is 0 Å². The normalized spacial score (nSPS) is 20.3. The topological polar surface area (TPSA) is 138 Å². The van der Waals surface area contributed by atoms with Gasteiger partial charge in [-0.25, -0.2) is 0 Å². The minimum Gasteiger partial charge on any atom is -0.497 e. The van der Waals surface area contributed by atoms with Crippen molar-refractivity contribution < 1.29 is 39.1 Å². The number of methoxy groups -OCH3 is 2. The molecule has 0 fully saturated rings. The number of allylic oxidation sites excluding steroid dienone is 1. The highest BCUT2D eigenvalue weighted by Crippen LogP contribution is 2.51. The first-order valence-corrected chi connectivity index (χ1v) is 14.7. The van der Waals surface area contributed by atoms with Gasteiger partial charge in [-0.2, -0.15) is 0 Å². The lowest BCUT2D eigenvalue weighted by Crippen LogP contribution is -2.56. The zero-order chi connectivity index (χ0) is 30.9. The van der Waals surface area contributed by atoms with E-state index in [2.05, 4.69) is 11.9 Å². The van der Waals surface area contributed by atoms with E-state index >= 15 is 0 Å². The van der Waals surface area contributed by atoms with Crippen molar-refractivity contribution in [1.82, 2.24) is 10.2 Å². The monoisotopic (exact) mass is 594 g/mol. The Morgan fingerprint density at radius 1 is 1.12 bits per heavy atom. The number of hydrogen-bond acceptors (Lipinski definition) is 8. The minimum absolute atomic E-state index is 0.0380. The number of carbonyl (C=O) groups is 2. The summed E-state index contributed by atoms with van der Waals surface area (Å²) in [6.45, 7) is 3.59. The van der Waals surface area contributed by atoms with Gasteiger partial charge in [0.25, 0.3) is 0 Å². The molecule has 0 spiro atoms. The highest BCUT2D eigenvalue weighted by atomic mass is 16.5. The first kappa shape index (κ1) is 32.1. The van der Waals surface area contributed by atoms with Crippen molar-refractivity contribution in [2.24, 2.45) is 0 Å². The van der Waals surface area contributed by atoms with Crippen LogP contribution in [0.5, 0.6) is 17.2 Å². The van der Waals surface area contributed by atoms with E-state index in [0.717, 1.165) is 18.4 Å². The van der Waals surface area contributed by atoms with Crippen LogP contribution in [0.4, 0.5) is 0 Å². The first-order valence-electron chi connectivity index (χ1n) is 14.7. The molecule has 2 aliphatic rings. The van der Waals surface area contributed by atoms with E-state index < -0.39 is 30.1 Å². The largest absolute Gasteiger partial charge is 0.497 e. The number of benzene rings is 2. The van der Waals surface area contributed by atoms with Gasteiger partial charge in [0, 0.05) is 30.6 Å². The molecule has 0 unspecified atom stereocenters. The molecular weight excluding hydrogens is 552 g/mol. The standard InChI is InChI=1S/C33H42N2O8/c1-4-5-6-7-11-28(38)35(14-12-21-9-8-10-23(16-21)41-2)26-19-25(33(40)34-13-15-36)29-24-17-22(20-37)18-27(42-3)31(24)43-32(29)30(26)39/h4,8-10,16-19,26,29-30,32,36-37,39H,1,5-7,11-15,20H2,2-3H3,(H,34,40)/t26-,29+,30+,32+/m1/s1. The number of rotatable bonds is 15. The Labute approximate surface area is 252 Å². The average Bonchev–Trinajstić information content (AvgIpc) is 3.42. The number of nitrogens with one attached hydrogen (secondary N) is 1. The van der Waals surface area contributed by atoms with Gasteiger partial charge < -0.3 is 39.7 Å². The summed E-state index contributed by atoms with van der Waals surface area (Å²) < 4.78 is 17.2. The maximum Gasteiger partial charge on any atom is 0.247 e. The molecule has 43 heavy (non-hydrogen) atoms. The highest BCUT2D eigenvalue weighted by molar-refractivity contribution is 5.96. The summed E-state index contributed by atoms with van der Waals surface area (Å²) in [7, 11) is 3.08. The van der Waals surface area contributed by atoms with Crippen LogP contribution in [0.1, 0.15) is 48.3 Å². The summed E-state index contributed by atoms with van der Waals surface area (Å²) in [5.74, 6) is 0.213. The number of fused-ring (bicyclic) bond motifs is 3. The van der Waals surface area contributed by atoms with Gasteiger partial charge in [-0.3, -0.25) is 9.59 Å². The highest BCUT2D eigenvalue weighted by Gasteiger charge is 2.51. The third kappa shape index (κ3) is 7.21. The van der Waals surface area contributed by atoms with Gasteiger partial charge in [0.05, 0.1) is 39.4 Å². The van der Waals surface area contributed by atoms with Crippen LogP contribution in [0.3, 0.4) is 0 Å². The summed E-state index contributed by atoms with van der Waals surface area (Å²) in [5.41, 5.74) is 2.45. The Bertz CT molecular complexity index is 1330. The van der Waals surface area contributed by atoms with E-state index in [4.69, 9.17) is 14.2 Å². The maximum absolute atomic E-state index is 13.8. The van der Waals surface area contributed by atoms with E-state index in [1.165, 1.54) is 7.11 Å². The fourth-order valence-electron chi connectivity index (χ4n) is 5.85. The fourth-order valence-corrected chi connectivity index (χ4v) is 5.85. The fraction of sp³-hybridized carbons (Fsp3) is 0.455. The Balaban J connectivity index is 1.73. The molecule has 10 heteroatoms. The summed E-state index contributed by atoms with van der Waals surface area (Å²) in [6, 6.07) is 10.1. The molecule has 2 amide bonds. The number of nitrogens with zero attached hydrogens (tertiary/aromatic N) is 1. The van der Waals surface area contributed by atoms with Crippen LogP contribution < -0.4 is 19.5 Å². The molecule has 0 saturated carbocycles. The number of unbranched alkanes of at least 4 members (excludes halogenated alkanes) is 2. The molecule has 10 nitrogen and oxygen atoms in total. The van der Waals surface area contributed by atoms with Gasteiger partial charge in [-0.05, 0) is 67.2 Å². The van der Waals surface area contributed by atoms with Gasteiger partial charge in [-0.1, -0.05) is 18.2 Å². The average molecular weight is 595 g/mol. The Hall–Kier alpha value is -3.86. The lowest BCUT2D eigenvalue weighted by Gasteiger charge is -2.41. The molecule has 1 aliphatic heterocycles. The molecule has 0 radical (unpaired) electrons. The summed E-state index contributed by atoms with van der Waals surface area (Å²) in [4.78, 5) is 28.9. The lowest BCUT2D eigenvalue weighted by molar-refractivity contribution is -0.137. The van der Waals surface area contributed by atoms with E-state index in [1.54, 1.807) is 30.2 Å². The second-order valence-corrected chi connectivity index (χ2v) is 10.7. The van der Waals surface area contributed by atoms with Gasteiger partial charge in [0.2, 0.25) is 11.8 Å². The summed E-state index contributed by atoms with van der Waals surface area (Å²) in [5, 5.41) is 33.8. The molecule has 0 bridgehead atoms. The van der Waals surface area contributed by atoms with Crippen LogP contribution in [0.25, 0.3) is 0 Å². The predicted octanol–water partition coefficient (Wildman–Crippen LogP) is 2.64. The van der Waals surface area contributed by atoms with Crippen molar-refractivity contribution in [3.05, 3.63) is 77.4 Å². The van der Waals surface area contributed by atoms with Gasteiger partial charge in [-0.15, -0.1) is 6.58 Å². The molecule has 1 aliphatic carbocycles. The summed E-state index contributed by atoms with van der Waals surface area (Å²) in [6.07, 6.45) is 4.46. The van der Waals surface area contributed by atoms with Gasteiger partial charge in [0.15, 0.2) is 11.5 Å². The number of amides is 2. The third-order valence-corrected chi connectivity index (χ3v) is 8.00. The third-order valence-electron chi connectivity index (χ3n) is 8.00. The molecular formula is C33H42N2O8. The van der Waals surface area contributed by atoms with E-state index in [0.29, 0.717) is 53.3 Å². The molecule has 1 heterocycles. The molecule has 2 aromatic carbocycles. The second kappa shape index (κ2) is 15.0. The van der Waals surface area contributed by atoms with Crippen LogP contribution in [0.2, 0.25) is 0 Å². The quantitative estimate of drug-likeness (QED) is 0.183. The van der Waals surface area contributed by atoms with Crippen LogP contribution in [0.15, 0.2) is 60.7 Å². The van der Waals surface area contributed by atoms with E-state index in [1.807, 2.05) is 30.3 Å². The second-order valence-electron chi connectivity index (χ2n) is 10.7. The Morgan fingerprint density at radius 2 is 1.93 bits per heavy atom. The van der Waals surface area contributed by atoms with Crippen molar-refractivity contribution in [2.45, 2.75) is 62.9 Å².